The first-order valence-corrected chi connectivity index (χ1v) is 8.39. The van der Waals surface area contributed by atoms with Crippen molar-refractivity contribution in [1.29, 1.82) is 0 Å². The maximum absolute atomic E-state index is 12.5. The number of hydrogen-bond acceptors (Lipinski definition) is 3. The largest absolute Gasteiger partial charge is 0.346 e. The zero-order valence-corrected chi connectivity index (χ0v) is 16.1. The fourth-order valence-corrected chi connectivity index (χ4v) is 3.10. The molecule has 138 valence electrons. The Morgan fingerprint density at radius 2 is 2.04 bits per heavy atom. The van der Waals surface area contributed by atoms with Gasteiger partial charge in [0, 0.05) is 19.0 Å². The molecular formula is C18H26Cl2N4O. The van der Waals surface area contributed by atoms with Crippen LogP contribution in [0.1, 0.15) is 37.1 Å². The van der Waals surface area contributed by atoms with Gasteiger partial charge in [-0.2, -0.15) is 5.10 Å². The first-order valence-electron chi connectivity index (χ1n) is 8.39. The second kappa shape index (κ2) is 10.4. The lowest BCUT2D eigenvalue weighted by Gasteiger charge is -2.21. The molecule has 1 N–H and O–H groups in total. The Kier molecular flexibility index (Phi) is 8.97. The second-order valence-corrected chi connectivity index (χ2v) is 5.92. The minimum Gasteiger partial charge on any atom is -0.316 e. The summed E-state index contributed by atoms with van der Waals surface area (Å²) in [7, 11) is 0. The SMILES string of the molecule is CCn1c(C2CCCNC2)nn(C/C=C/c2ccccc2)c1=O.Cl.Cl. The van der Waals surface area contributed by atoms with E-state index in [4.69, 9.17) is 0 Å². The Balaban J connectivity index is 0.00000156. The molecule has 1 atom stereocenters. The van der Waals surface area contributed by atoms with E-state index >= 15 is 0 Å². The number of nitrogens with zero attached hydrogens (tertiary/aromatic N) is 3. The molecule has 1 aliphatic heterocycles. The van der Waals surface area contributed by atoms with Gasteiger partial charge in [0.2, 0.25) is 0 Å². The molecule has 0 amide bonds. The molecule has 1 aromatic heterocycles. The van der Waals surface area contributed by atoms with Gasteiger partial charge in [0.25, 0.3) is 0 Å². The van der Waals surface area contributed by atoms with E-state index in [-0.39, 0.29) is 30.5 Å². The molecule has 7 heteroatoms. The minimum atomic E-state index is -0.00853. The van der Waals surface area contributed by atoms with Gasteiger partial charge in [-0.05, 0) is 31.9 Å². The van der Waals surface area contributed by atoms with Gasteiger partial charge in [0.15, 0.2) is 0 Å². The van der Waals surface area contributed by atoms with E-state index in [1.54, 1.807) is 4.68 Å². The van der Waals surface area contributed by atoms with E-state index in [0.29, 0.717) is 19.0 Å². The lowest BCUT2D eigenvalue weighted by Crippen LogP contribution is -2.31. The highest BCUT2D eigenvalue weighted by atomic mass is 35.5. The number of benzene rings is 1. The third kappa shape index (κ3) is 5.21. The topological polar surface area (TPSA) is 51.9 Å². The molecule has 1 aromatic carbocycles. The highest BCUT2D eigenvalue weighted by Gasteiger charge is 2.22. The molecule has 0 radical (unpaired) electrons. The Morgan fingerprint density at radius 3 is 2.68 bits per heavy atom. The Bertz CT molecular complexity index is 718. The Labute approximate surface area is 160 Å². The number of nitrogens with one attached hydrogen (secondary N) is 1. The summed E-state index contributed by atoms with van der Waals surface area (Å²) in [6, 6.07) is 10.1. The first-order chi connectivity index (χ1) is 11.3. The van der Waals surface area contributed by atoms with E-state index in [2.05, 4.69) is 10.4 Å². The molecule has 2 aromatic rings. The molecule has 0 spiro atoms. The van der Waals surface area contributed by atoms with Gasteiger partial charge < -0.3 is 5.32 Å². The van der Waals surface area contributed by atoms with Gasteiger partial charge in [-0.1, -0.05) is 42.5 Å². The first kappa shape index (κ1) is 21.5. The number of hydrogen-bond donors (Lipinski definition) is 1. The van der Waals surface area contributed by atoms with Crippen LogP contribution in [0.25, 0.3) is 6.08 Å². The molecule has 1 aliphatic rings. The van der Waals surface area contributed by atoms with Gasteiger partial charge in [-0.3, -0.25) is 4.57 Å². The normalized spacial score (nSPS) is 17.1. The van der Waals surface area contributed by atoms with E-state index < -0.39 is 0 Å². The molecule has 25 heavy (non-hydrogen) atoms. The van der Waals surface area contributed by atoms with Crippen LogP contribution in [0, 0.1) is 0 Å². The van der Waals surface area contributed by atoms with Crippen molar-refractivity contribution in [2.75, 3.05) is 13.1 Å². The van der Waals surface area contributed by atoms with E-state index in [1.807, 2.05) is 54.0 Å². The summed E-state index contributed by atoms with van der Waals surface area (Å²) in [5.74, 6) is 1.27. The molecule has 1 unspecified atom stereocenters. The van der Waals surface area contributed by atoms with Crippen molar-refractivity contribution in [2.45, 2.75) is 38.8 Å². The third-order valence-corrected chi connectivity index (χ3v) is 4.32. The van der Waals surface area contributed by atoms with Crippen LogP contribution in [0.3, 0.4) is 0 Å². The van der Waals surface area contributed by atoms with Crippen LogP contribution in [0.15, 0.2) is 41.2 Å². The molecule has 1 saturated heterocycles. The van der Waals surface area contributed by atoms with Crippen molar-refractivity contribution < 1.29 is 0 Å². The molecule has 0 aliphatic carbocycles. The molecule has 2 heterocycles. The Hall–Kier alpha value is -1.56. The lowest BCUT2D eigenvalue weighted by atomic mass is 9.99. The maximum Gasteiger partial charge on any atom is 0.346 e. The third-order valence-electron chi connectivity index (χ3n) is 4.32. The summed E-state index contributed by atoms with van der Waals surface area (Å²) in [4.78, 5) is 12.5. The van der Waals surface area contributed by atoms with Crippen molar-refractivity contribution in [3.8, 4) is 0 Å². The highest BCUT2D eigenvalue weighted by molar-refractivity contribution is 5.85. The zero-order valence-electron chi connectivity index (χ0n) is 14.4. The number of allylic oxidation sites excluding steroid dienone is 1. The van der Waals surface area contributed by atoms with Gasteiger partial charge in [0.1, 0.15) is 5.82 Å². The smallest absolute Gasteiger partial charge is 0.316 e. The average molecular weight is 385 g/mol. The standard InChI is InChI=1S/C18H24N4O.2ClH/c1-2-21-17(16-11-6-12-19-14-16)20-22(18(21)23)13-7-10-15-8-4-3-5-9-15;;/h3-5,7-10,16,19H,2,6,11-14H2,1H3;2*1H/b10-7+;;. The summed E-state index contributed by atoms with van der Waals surface area (Å²) in [6.45, 7) is 5.16. The van der Waals surface area contributed by atoms with Crippen molar-refractivity contribution >= 4 is 30.9 Å². The van der Waals surface area contributed by atoms with Crippen molar-refractivity contribution in [2.24, 2.45) is 0 Å². The number of aromatic nitrogens is 3. The van der Waals surface area contributed by atoms with Crippen LogP contribution in [-0.2, 0) is 13.1 Å². The van der Waals surface area contributed by atoms with Crippen LogP contribution in [0.2, 0.25) is 0 Å². The van der Waals surface area contributed by atoms with Gasteiger partial charge in [-0.25, -0.2) is 9.48 Å². The number of piperidine rings is 1. The highest BCUT2D eigenvalue weighted by Crippen LogP contribution is 2.20. The van der Waals surface area contributed by atoms with Crippen LogP contribution >= 0.6 is 24.8 Å². The summed E-state index contributed by atoms with van der Waals surface area (Å²) >= 11 is 0. The predicted molar refractivity (Wildman–Crippen MR) is 107 cm³/mol. The van der Waals surface area contributed by atoms with Crippen molar-refractivity contribution in [3.05, 3.63) is 58.3 Å². The molecule has 3 rings (SSSR count). The fourth-order valence-electron chi connectivity index (χ4n) is 3.10. The molecule has 0 saturated carbocycles. The number of halogens is 2. The van der Waals surface area contributed by atoms with Crippen molar-refractivity contribution in [3.63, 3.8) is 0 Å². The molecule has 1 fully saturated rings. The fraction of sp³-hybridized carbons (Fsp3) is 0.444. The number of rotatable bonds is 5. The zero-order chi connectivity index (χ0) is 16.1. The molecule has 0 bridgehead atoms. The summed E-state index contributed by atoms with van der Waals surface area (Å²) in [5.41, 5.74) is 1.12. The van der Waals surface area contributed by atoms with Gasteiger partial charge in [-0.15, -0.1) is 24.8 Å². The average Bonchev–Trinajstić information content (AvgIpc) is 2.93. The lowest BCUT2D eigenvalue weighted by molar-refractivity contribution is 0.431. The van der Waals surface area contributed by atoms with Crippen LogP contribution in [0.5, 0.6) is 0 Å². The van der Waals surface area contributed by atoms with Gasteiger partial charge >= 0.3 is 5.69 Å². The van der Waals surface area contributed by atoms with Crippen LogP contribution in [-0.4, -0.2) is 27.4 Å². The summed E-state index contributed by atoms with van der Waals surface area (Å²) in [5, 5.41) is 8.01. The minimum absolute atomic E-state index is 0. The molecular weight excluding hydrogens is 359 g/mol. The second-order valence-electron chi connectivity index (χ2n) is 5.92. The maximum atomic E-state index is 12.5. The van der Waals surface area contributed by atoms with Crippen LogP contribution in [0.4, 0.5) is 0 Å². The van der Waals surface area contributed by atoms with Crippen molar-refractivity contribution in [1.82, 2.24) is 19.7 Å². The predicted octanol–water partition coefficient (Wildman–Crippen LogP) is 3.09. The summed E-state index contributed by atoms with van der Waals surface area (Å²) in [6.07, 6.45) is 6.26. The molecule has 5 nitrogen and oxygen atoms in total. The van der Waals surface area contributed by atoms with E-state index in [0.717, 1.165) is 37.3 Å². The van der Waals surface area contributed by atoms with E-state index in [9.17, 15) is 4.79 Å². The summed E-state index contributed by atoms with van der Waals surface area (Å²) < 4.78 is 3.39. The quantitative estimate of drug-likeness (QED) is 0.861. The van der Waals surface area contributed by atoms with Crippen LogP contribution < -0.4 is 11.0 Å². The monoisotopic (exact) mass is 384 g/mol. The van der Waals surface area contributed by atoms with E-state index in [1.165, 1.54) is 0 Å². The van der Waals surface area contributed by atoms with Gasteiger partial charge in [0.05, 0.1) is 6.54 Å². The Morgan fingerprint density at radius 1 is 1.28 bits per heavy atom.